The van der Waals surface area contributed by atoms with Crippen molar-refractivity contribution in [1.82, 2.24) is 4.57 Å². The number of hydrogen-bond donors (Lipinski definition) is 7. The lowest BCUT2D eigenvalue weighted by molar-refractivity contribution is -0.334. The van der Waals surface area contributed by atoms with Crippen LogP contribution in [0.3, 0.4) is 0 Å². The van der Waals surface area contributed by atoms with E-state index in [4.69, 9.17) is 23.7 Å². The number of aromatic carboxylic acids is 1. The number of carboxylic acids is 1. The number of hydrogen-bond acceptors (Lipinski definition) is 13. The summed E-state index contributed by atoms with van der Waals surface area (Å²) in [4.78, 5) is 11.7. The Kier molecular flexibility index (Phi) is 15.8. The van der Waals surface area contributed by atoms with Gasteiger partial charge in [-0.2, -0.15) is 5.26 Å². The third kappa shape index (κ3) is 10.1. The van der Waals surface area contributed by atoms with Gasteiger partial charge in [0.1, 0.15) is 42.3 Å². The maximum Gasteiger partial charge on any atom is 0.335 e. The molecule has 7 N–H and O–H groups in total. The first-order valence-electron chi connectivity index (χ1n) is 26.2. The number of allylic oxidation sites excluding steroid dienone is 2. The molecule has 14 atom stereocenters. The Hall–Kier alpha value is -5.20. The second-order valence-corrected chi connectivity index (χ2v) is 21.9. The number of carbonyl (C=O) groups is 1. The van der Waals surface area contributed by atoms with Crippen molar-refractivity contribution >= 4 is 5.97 Å². The van der Waals surface area contributed by atoms with E-state index >= 15 is 0 Å². The van der Waals surface area contributed by atoms with Gasteiger partial charge in [0, 0.05) is 44.9 Å². The average Bonchev–Trinajstić information content (AvgIpc) is 4.09. The van der Waals surface area contributed by atoms with Crippen molar-refractivity contribution < 1.29 is 64.2 Å². The minimum atomic E-state index is -1.82. The lowest BCUT2D eigenvalue weighted by Crippen LogP contribution is -2.70. The molecule has 10 rings (SSSR count). The maximum atomic E-state index is 13.3. The summed E-state index contributed by atoms with van der Waals surface area (Å²) >= 11 is 0. The molecule has 3 aromatic rings. The number of aliphatic hydroxyl groups excluding tert-OH is 5. The molecule has 73 heavy (non-hydrogen) atoms. The van der Waals surface area contributed by atoms with Gasteiger partial charge in [-0.15, -0.1) is 6.58 Å². The van der Waals surface area contributed by atoms with Crippen molar-refractivity contribution in [2.45, 2.75) is 150 Å². The Morgan fingerprint density at radius 1 is 1.07 bits per heavy atom. The van der Waals surface area contributed by atoms with Gasteiger partial charge in [-0.25, -0.2) is 4.79 Å². The molecule has 7 aliphatic rings. The van der Waals surface area contributed by atoms with Gasteiger partial charge in [0.2, 0.25) is 6.29 Å². The van der Waals surface area contributed by atoms with E-state index in [9.17, 15) is 45.8 Å². The summed E-state index contributed by atoms with van der Waals surface area (Å²) < 4.78 is 34.2. The molecule has 15 nitrogen and oxygen atoms in total. The lowest BCUT2D eigenvalue weighted by atomic mass is 9.53. The smallest absolute Gasteiger partial charge is 0.335 e. The van der Waals surface area contributed by atoms with E-state index < -0.39 is 71.4 Å². The molecule has 0 amide bonds. The number of nitriles is 1. The van der Waals surface area contributed by atoms with Crippen LogP contribution in [0.15, 0.2) is 85.9 Å². The molecule has 1 saturated heterocycles. The summed E-state index contributed by atoms with van der Waals surface area (Å²) in [5, 5.41) is 90.6. The van der Waals surface area contributed by atoms with E-state index in [1.165, 1.54) is 0 Å². The summed E-state index contributed by atoms with van der Waals surface area (Å²) in [6, 6.07) is 16.1. The molecule has 5 heterocycles. The highest BCUT2D eigenvalue weighted by atomic mass is 16.7. The van der Waals surface area contributed by atoms with Crippen LogP contribution in [-0.4, -0.2) is 121 Å². The largest absolute Gasteiger partial charge is 0.486 e. The molecule has 3 bridgehead atoms. The van der Waals surface area contributed by atoms with Crippen LogP contribution in [0.1, 0.15) is 116 Å². The highest BCUT2D eigenvalue weighted by Gasteiger charge is 2.69. The highest BCUT2D eigenvalue weighted by molar-refractivity contribution is 5.87. The number of aliphatic hydroxyl groups is 6. The molecule has 3 saturated carbocycles. The molecule has 14 unspecified atom stereocenters. The minimum absolute atomic E-state index is 0.00590. The summed E-state index contributed by atoms with van der Waals surface area (Å²) in [5.41, 5.74) is -0.369. The number of aromatic nitrogens is 1. The van der Waals surface area contributed by atoms with Gasteiger partial charge in [0.05, 0.1) is 48.3 Å². The Labute approximate surface area is 428 Å². The van der Waals surface area contributed by atoms with Crippen molar-refractivity contribution in [1.29, 1.82) is 5.26 Å². The third-order valence-corrected chi connectivity index (χ3v) is 18.0. The average molecular weight is 1010 g/mol. The second-order valence-electron chi connectivity index (χ2n) is 21.9. The molecule has 4 aliphatic heterocycles. The Balaban J connectivity index is 1.08. The SMILES string of the molecule is C=CCc1ccc(OC2OC3C(CCCO)OC#CCC(O)C4CC2(OC=CC42CCC4C(O)(CC(Cc5ccc(C(=O)O)cc5)C45CCCC5)C2)C(O)C3O)cc1CC(COC)C(CO)n1ccc(C#N)c1. The number of benzene rings is 2. The summed E-state index contributed by atoms with van der Waals surface area (Å²) in [7, 11) is 1.60. The van der Waals surface area contributed by atoms with Crippen LogP contribution >= 0.6 is 0 Å². The van der Waals surface area contributed by atoms with Crippen LogP contribution in [0.5, 0.6) is 5.75 Å². The van der Waals surface area contributed by atoms with Crippen molar-refractivity contribution in [2.75, 3.05) is 26.9 Å². The van der Waals surface area contributed by atoms with E-state index in [0.29, 0.717) is 56.3 Å². The topological polar surface area (TPSA) is 234 Å². The summed E-state index contributed by atoms with van der Waals surface area (Å²) in [6.07, 6.45) is 12.0. The Morgan fingerprint density at radius 3 is 2.56 bits per heavy atom. The van der Waals surface area contributed by atoms with E-state index in [2.05, 4.69) is 24.7 Å². The number of methoxy groups -OCH3 is 1. The molecule has 1 aromatic heterocycles. The zero-order chi connectivity index (χ0) is 51.5. The van der Waals surface area contributed by atoms with Crippen molar-refractivity contribution in [3.8, 4) is 23.8 Å². The summed E-state index contributed by atoms with van der Waals surface area (Å²) in [5.74, 6) is 1.58. The Morgan fingerprint density at radius 2 is 1.86 bits per heavy atom. The summed E-state index contributed by atoms with van der Waals surface area (Å²) in [6.45, 7) is 3.90. The third-order valence-electron chi connectivity index (χ3n) is 18.0. The molecule has 0 radical (unpaired) electrons. The molecule has 4 fully saturated rings. The molecular weight excluding hydrogens is 933 g/mol. The van der Waals surface area contributed by atoms with Crippen LogP contribution in [0.25, 0.3) is 0 Å². The van der Waals surface area contributed by atoms with Crippen LogP contribution in [0.2, 0.25) is 0 Å². The first-order valence-corrected chi connectivity index (χ1v) is 26.2. The number of fused-ring (bicyclic) bond motifs is 8. The van der Waals surface area contributed by atoms with Crippen molar-refractivity contribution in [3.63, 3.8) is 0 Å². The standard InChI is InChI=1S/C58H72N2O13/c1-3-8-39-15-16-44(29-41(39)28-42(35-69-2)46(34-62)60-23-18-38(32-59)33-60)72-54-58-31-45(47(63)9-7-25-70-48(10-6-24-61)51(73-54)50(64)52(58)65)55(22-26-71-58)21-17-49-56(19-4-5-20-56)43(30-57(49,68)36-55)27-37-11-13-40(14-12-37)53(66)67/h3,11-16,18,22-23,26,29,33,42-43,45-52,54,61-65,68H,1,4-6,8-10,17,19-21,24,27-28,30-31,34-36H2,2H3,(H,66,67). The van der Waals surface area contributed by atoms with E-state index in [0.717, 1.165) is 42.4 Å². The number of nitrogens with zero attached hydrogens (tertiary/aromatic N) is 2. The van der Waals surface area contributed by atoms with Gasteiger partial charge in [-0.1, -0.05) is 43.0 Å². The molecule has 3 aliphatic carbocycles. The normalized spacial score (nSPS) is 33.9. The fraction of sp³-hybridized carbons (Fsp3) is 0.586. The minimum Gasteiger partial charge on any atom is -0.486 e. The number of rotatable bonds is 17. The van der Waals surface area contributed by atoms with Crippen LogP contribution in [0, 0.1) is 57.9 Å². The monoisotopic (exact) mass is 1000 g/mol. The molecule has 2 aromatic carbocycles. The predicted octanol–water partition coefficient (Wildman–Crippen LogP) is 6.16. The van der Waals surface area contributed by atoms with E-state index in [1.807, 2.05) is 34.9 Å². The first-order chi connectivity index (χ1) is 35.3. The quantitative estimate of drug-likeness (QED) is 0.0593. The van der Waals surface area contributed by atoms with E-state index in [-0.39, 0.29) is 74.2 Å². The number of ether oxygens (including phenoxy) is 5. The molecule has 3 spiro atoms. The van der Waals surface area contributed by atoms with Gasteiger partial charge >= 0.3 is 5.97 Å². The molecule has 392 valence electrons. The van der Waals surface area contributed by atoms with Gasteiger partial charge in [0.15, 0.2) is 5.60 Å². The molecular formula is C58H72N2O13. The van der Waals surface area contributed by atoms with Gasteiger partial charge in [-0.05, 0) is 152 Å². The predicted molar refractivity (Wildman–Crippen MR) is 267 cm³/mol. The first kappa shape index (κ1) is 52.7. The fourth-order valence-electron chi connectivity index (χ4n) is 14.6. The van der Waals surface area contributed by atoms with Gasteiger partial charge in [-0.3, -0.25) is 0 Å². The van der Waals surface area contributed by atoms with Gasteiger partial charge < -0.3 is 64.0 Å². The van der Waals surface area contributed by atoms with Crippen LogP contribution < -0.4 is 4.74 Å². The second kappa shape index (κ2) is 21.9. The van der Waals surface area contributed by atoms with Crippen LogP contribution in [0.4, 0.5) is 0 Å². The molecule has 15 heteroatoms. The van der Waals surface area contributed by atoms with E-state index in [1.54, 1.807) is 56.1 Å². The van der Waals surface area contributed by atoms with Gasteiger partial charge in [0.25, 0.3) is 0 Å². The highest BCUT2D eigenvalue weighted by Crippen LogP contribution is 2.69. The maximum absolute atomic E-state index is 13.3. The van der Waals surface area contributed by atoms with Crippen molar-refractivity contribution in [3.05, 3.63) is 114 Å². The lowest BCUT2D eigenvalue weighted by Gasteiger charge is -2.55. The fourth-order valence-corrected chi connectivity index (χ4v) is 14.6. The van der Waals surface area contributed by atoms with Crippen LogP contribution in [-0.2, 0) is 38.2 Å². The Bertz CT molecular complexity index is 2560. The zero-order valence-corrected chi connectivity index (χ0v) is 41.8. The number of carboxylic acid groups (broad SMARTS) is 1. The van der Waals surface area contributed by atoms with Crippen molar-refractivity contribution in [2.24, 2.45) is 34.5 Å². The zero-order valence-electron chi connectivity index (χ0n) is 41.8.